The van der Waals surface area contributed by atoms with E-state index in [0.717, 1.165) is 12.1 Å². The van der Waals surface area contributed by atoms with Crippen LogP contribution in [0.2, 0.25) is 5.02 Å². The number of carbonyl (C=O) groups is 1. The van der Waals surface area contributed by atoms with Gasteiger partial charge in [-0.25, -0.2) is 4.79 Å². The molecule has 0 aliphatic carbocycles. The first-order valence-electron chi connectivity index (χ1n) is 4.91. The van der Waals surface area contributed by atoms with E-state index in [9.17, 15) is 18.0 Å². The van der Waals surface area contributed by atoms with E-state index in [1.54, 1.807) is 0 Å². The van der Waals surface area contributed by atoms with Crippen LogP contribution in [0.5, 0.6) is 0 Å². The molecule has 1 N–H and O–H groups in total. The van der Waals surface area contributed by atoms with Crippen molar-refractivity contribution in [1.82, 2.24) is 0 Å². The molecule has 0 saturated heterocycles. The second-order valence-corrected chi connectivity index (χ2v) is 3.74. The first kappa shape index (κ1) is 14.4. The lowest BCUT2D eigenvalue weighted by Crippen LogP contribution is -2.09. The van der Waals surface area contributed by atoms with Crippen LogP contribution in [0.1, 0.15) is 23.6 Å². The van der Waals surface area contributed by atoms with Crippen molar-refractivity contribution in [1.29, 1.82) is 0 Å². The molecule has 0 radical (unpaired) electrons. The van der Waals surface area contributed by atoms with Gasteiger partial charge in [0.05, 0.1) is 10.6 Å². The van der Waals surface area contributed by atoms with Crippen LogP contribution in [-0.2, 0) is 17.4 Å². The van der Waals surface area contributed by atoms with Crippen LogP contribution < -0.4 is 0 Å². The van der Waals surface area contributed by atoms with Crippen molar-refractivity contribution in [3.05, 3.63) is 33.8 Å². The maximum atomic E-state index is 12.7. The van der Waals surface area contributed by atoms with Gasteiger partial charge >= 0.3 is 12.1 Å². The van der Waals surface area contributed by atoms with E-state index in [0.29, 0.717) is 0 Å². The van der Waals surface area contributed by atoms with Gasteiger partial charge in [-0.15, -0.1) is 0 Å². The maximum absolute atomic E-state index is 12.7. The second kappa shape index (κ2) is 5.32. The first-order valence-corrected chi connectivity index (χ1v) is 5.28. The highest BCUT2D eigenvalue weighted by Gasteiger charge is 2.34. The van der Waals surface area contributed by atoms with Crippen molar-refractivity contribution in [3.63, 3.8) is 0 Å². The molecule has 0 atom stereocenters. The Morgan fingerprint density at radius 3 is 2.50 bits per heavy atom. The summed E-state index contributed by atoms with van der Waals surface area (Å²) in [5, 5.41) is 8.23. The summed E-state index contributed by atoms with van der Waals surface area (Å²) in [4.78, 5) is 10.3. The Hall–Kier alpha value is -1.67. The summed E-state index contributed by atoms with van der Waals surface area (Å²) >= 11 is 5.81. The summed E-state index contributed by atoms with van der Waals surface area (Å²) in [5.74, 6) is 2.66. The predicted octanol–water partition coefficient (Wildman–Crippen LogP) is 3.36. The fraction of sp³-hybridized carbons (Fsp3) is 0.250. The normalized spacial score (nSPS) is 10.7. The van der Waals surface area contributed by atoms with Crippen LogP contribution in [0.3, 0.4) is 0 Å². The third-order valence-corrected chi connectivity index (χ3v) is 2.64. The summed E-state index contributed by atoms with van der Waals surface area (Å²) in [6, 6.07) is 1.93. The molecule has 0 amide bonds. The van der Waals surface area contributed by atoms with Crippen molar-refractivity contribution in [2.24, 2.45) is 0 Å². The molecule has 1 aromatic rings. The number of halogens is 4. The van der Waals surface area contributed by atoms with E-state index < -0.39 is 17.7 Å². The Bertz CT molecular complexity index is 539. The Kier molecular flexibility index (Phi) is 4.25. The second-order valence-electron chi connectivity index (χ2n) is 3.36. The Morgan fingerprint density at radius 1 is 1.44 bits per heavy atom. The molecule has 0 aliphatic rings. The van der Waals surface area contributed by atoms with Gasteiger partial charge in [-0.05, 0) is 24.1 Å². The fourth-order valence-corrected chi connectivity index (χ4v) is 1.80. The molecule has 0 bridgehead atoms. The minimum atomic E-state index is -4.49. The number of rotatable bonds is 1. The molecule has 0 fully saturated rings. The highest BCUT2D eigenvalue weighted by atomic mass is 35.5. The minimum Gasteiger partial charge on any atom is -0.472 e. The van der Waals surface area contributed by atoms with Gasteiger partial charge in [-0.2, -0.15) is 13.2 Å². The van der Waals surface area contributed by atoms with Crippen molar-refractivity contribution < 1.29 is 23.1 Å². The van der Waals surface area contributed by atoms with Gasteiger partial charge in [0.25, 0.3) is 0 Å². The van der Waals surface area contributed by atoms with Gasteiger partial charge in [-0.3, -0.25) is 0 Å². The number of hydrogen-bond donors (Lipinski definition) is 1. The average molecular weight is 277 g/mol. The van der Waals surface area contributed by atoms with Crippen LogP contribution in [0.25, 0.3) is 0 Å². The number of aliphatic carboxylic acids is 1. The van der Waals surface area contributed by atoms with Crippen LogP contribution >= 0.6 is 11.6 Å². The van der Waals surface area contributed by atoms with E-state index in [2.05, 4.69) is 5.92 Å². The molecule has 1 aromatic carbocycles. The zero-order valence-corrected chi connectivity index (χ0v) is 9.99. The monoisotopic (exact) mass is 276 g/mol. The van der Waals surface area contributed by atoms with Gasteiger partial charge in [0.2, 0.25) is 0 Å². The molecule has 18 heavy (non-hydrogen) atoms. The fourth-order valence-electron chi connectivity index (χ4n) is 1.45. The first-order chi connectivity index (χ1) is 8.27. The van der Waals surface area contributed by atoms with Crippen LogP contribution in [0, 0.1) is 11.8 Å². The molecule has 2 nitrogen and oxygen atoms in total. The van der Waals surface area contributed by atoms with Gasteiger partial charge in [0.15, 0.2) is 0 Å². The van der Waals surface area contributed by atoms with E-state index in [-0.39, 0.29) is 22.6 Å². The Labute approximate surface area is 106 Å². The summed E-state index contributed by atoms with van der Waals surface area (Å²) < 4.78 is 38.0. The zero-order valence-electron chi connectivity index (χ0n) is 9.23. The van der Waals surface area contributed by atoms with Crippen LogP contribution in [0.4, 0.5) is 13.2 Å². The lowest BCUT2D eigenvalue weighted by atomic mass is 10.0. The number of alkyl halides is 3. The standard InChI is InChI=1S/C12H8ClF3O2/c1-2-8-9(12(14,15)16)5-3-7(11(8)13)4-6-10(17)18/h3,5H,2H2,1H3,(H,17,18). The van der Waals surface area contributed by atoms with Gasteiger partial charge in [0.1, 0.15) is 0 Å². The number of hydrogen-bond acceptors (Lipinski definition) is 1. The average Bonchev–Trinajstić information content (AvgIpc) is 2.25. The highest BCUT2D eigenvalue weighted by molar-refractivity contribution is 6.32. The topological polar surface area (TPSA) is 37.3 Å². The zero-order chi connectivity index (χ0) is 13.9. The molecule has 1 rings (SSSR count). The van der Waals surface area contributed by atoms with Gasteiger partial charge in [0, 0.05) is 11.5 Å². The van der Waals surface area contributed by atoms with E-state index in [1.165, 1.54) is 6.92 Å². The van der Waals surface area contributed by atoms with Crippen molar-refractivity contribution in [2.45, 2.75) is 19.5 Å². The molecule has 0 aromatic heterocycles. The quantitative estimate of drug-likeness (QED) is 0.799. The molecular formula is C12H8ClF3O2. The number of carboxylic acid groups (broad SMARTS) is 1. The highest BCUT2D eigenvalue weighted by Crippen LogP contribution is 2.36. The lowest BCUT2D eigenvalue weighted by Gasteiger charge is -2.14. The molecule has 0 saturated carbocycles. The molecule has 6 heteroatoms. The van der Waals surface area contributed by atoms with Crippen LogP contribution in [0.15, 0.2) is 12.1 Å². The molecule has 0 unspecified atom stereocenters. The summed E-state index contributed by atoms with van der Waals surface area (Å²) in [6.07, 6.45) is -4.41. The lowest BCUT2D eigenvalue weighted by molar-refractivity contribution is -0.138. The van der Waals surface area contributed by atoms with E-state index >= 15 is 0 Å². The SMILES string of the molecule is CCc1c(C(F)(F)F)ccc(C#CC(=O)O)c1Cl. The molecule has 0 spiro atoms. The van der Waals surface area contributed by atoms with Gasteiger partial charge in [-0.1, -0.05) is 24.4 Å². The van der Waals surface area contributed by atoms with Crippen LogP contribution in [-0.4, -0.2) is 11.1 Å². The summed E-state index contributed by atoms with van der Waals surface area (Å²) in [7, 11) is 0. The Balaban J connectivity index is 3.40. The summed E-state index contributed by atoms with van der Waals surface area (Å²) in [6.45, 7) is 1.53. The molecular weight excluding hydrogens is 269 g/mol. The minimum absolute atomic E-state index is 0.0731. The molecule has 0 heterocycles. The smallest absolute Gasteiger partial charge is 0.416 e. The summed E-state index contributed by atoms with van der Waals surface area (Å²) in [5.41, 5.74) is -0.832. The predicted molar refractivity (Wildman–Crippen MR) is 60.3 cm³/mol. The number of benzene rings is 1. The Morgan fingerprint density at radius 2 is 2.06 bits per heavy atom. The molecule has 96 valence electrons. The van der Waals surface area contributed by atoms with Crippen molar-refractivity contribution >= 4 is 17.6 Å². The largest absolute Gasteiger partial charge is 0.472 e. The van der Waals surface area contributed by atoms with E-state index in [1.807, 2.05) is 5.92 Å². The molecule has 0 aliphatic heterocycles. The van der Waals surface area contributed by atoms with E-state index in [4.69, 9.17) is 16.7 Å². The van der Waals surface area contributed by atoms with Crippen molar-refractivity contribution in [2.75, 3.05) is 0 Å². The maximum Gasteiger partial charge on any atom is 0.416 e. The van der Waals surface area contributed by atoms with Gasteiger partial charge < -0.3 is 5.11 Å². The van der Waals surface area contributed by atoms with Crippen molar-refractivity contribution in [3.8, 4) is 11.8 Å². The number of carboxylic acids is 1. The third kappa shape index (κ3) is 3.17. The third-order valence-electron chi connectivity index (χ3n) is 2.21.